The smallest absolute Gasteiger partial charge is 0.0811 e. The van der Waals surface area contributed by atoms with Gasteiger partial charge in [0.25, 0.3) is 0 Å². The van der Waals surface area contributed by atoms with Crippen LogP contribution in [0.15, 0.2) is 12.2 Å². The van der Waals surface area contributed by atoms with Gasteiger partial charge in [-0.25, -0.2) is 0 Å². The molecule has 0 aromatic carbocycles. The van der Waals surface area contributed by atoms with E-state index in [1.165, 1.54) is 0 Å². The van der Waals surface area contributed by atoms with Gasteiger partial charge >= 0.3 is 0 Å². The van der Waals surface area contributed by atoms with Crippen LogP contribution in [0.3, 0.4) is 0 Å². The molecule has 0 bridgehead atoms. The lowest BCUT2D eigenvalue weighted by Gasteiger charge is -2.09. The number of carboxylic acid groups (broad SMARTS) is 1. The Morgan fingerprint density at radius 3 is 2.50 bits per heavy atom. The standard InChI is InChI=1S/C6H10O4/c1-4(6(9)10)2-5(8)3-7/h5,7-8H,1-3H2,(H,9,10)/p-1. The van der Waals surface area contributed by atoms with Gasteiger partial charge in [0.05, 0.1) is 18.7 Å². The molecule has 0 aromatic heterocycles. The summed E-state index contributed by atoms with van der Waals surface area (Å²) < 4.78 is 0. The third kappa shape index (κ3) is 3.21. The zero-order chi connectivity index (χ0) is 8.15. The Balaban J connectivity index is 3.68. The lowest BCUT2D eigenvalue weighted by Crippen LogP contribution is -2.27. The second kappa shape index (κ2) is 4.03. The Bertz CT molecular complexity index is 141. The molecule has 58 valence electrons. The second-order valence-corrected chi connectivity index (χ2v) is 1.93. The summed E-state index contributed by atoms with van der Waals surface area (Å²) in [7, 11) is 0. The molecule has 0 rings (SSSR count). The van der Waals surface area contributed by atoms with E-state index in [2.05, 4.69) is 6.58 Å². The van der Waals surface area contributed by atoms with E-state index in [4.69, 9.17) is 10.2 Å². The van der Waals surface area contributed by atoms with Crippen molar-refractivity contribution in [3.05, 3.63) is 12.2 Å². The molecule has 4 nitrogen and oxygen atoms in total. The maximum absolute atomic E-state index is 9.95. The van der Waals surface area contributed by atoms with E-state index in [-0.39, 0.29) is 12.0 Å². The summed E-state index contributed by atoms with van der Waals surface area (Å²) in [6, 6.07) is 0. The highest BCUT2D eigenvalue weighted by atomic mass is 16.4. The topological polar surface area (TPSA) is 80.6 Å². The Morgan fingerprint density at radius 2 is 2.20 bits per heavy atom. The van der Waals surface area contributed by atoms with Crippen molar-refractivity contribution in [1.29, 1.82) is 0 Å². The maximum Gasteiger partial charge on any atom is 0.0811 e. The Kier molecular flexibility index (Phi) is 3.68. The van der Waals surface area contributed by atoms with Gasteiger partial charge in [0.1, 0.15) is 0 Å². The van der Waals surface area contributed by atoms with Crippen LogP contribution in [0.2, 0.25) is 0 Å². The molecule has 1 atom stereocenters. The Hall–Kier alpha value is -0.870. The third-order valence-corrected chi connectivity index (χ3v) is 0.981. The molecular formula is C6H9O4-. The van der Waals surface area contributed by atoms with E-state index in [1.807, 2.05) is 0 Å². The number of aliphatic hydroxyl groups is 2. The summed E-state index contributed by atoms with van der Waals surface area (Å²) in [5, 5.41) is 26.9. The van der Waals surface area contributed by atoms with Gasteiger partial charge in [-0.1, -0.05) is 6.58 Å². The lowest BCUT2D eigenvalue weighted by molar-refractivity contribution is -0.299. The molecule has 10 heavy (non-hydrogen) atoms. The highest BCUT2D eigenvalue weighted by Gasteiger charge is 2.04. The molecule has 0 fully saturated rings. The molecule has 0 aliphatic carbocycles. The Labute approximate surface area is 58.4 Å². The minimum absolute atomic E-state index is 0.154. The molecular weight excluding hydrogens is 136 g/mol. The summed E-state index contributed by atoms with van der Waals surface area (Å²) >= 11 is 0. The van der Waals surface area contributed by atoms with Gasteiger partial charge in [0.2, 0.25) is 0 Å². The molecule has 0 amide bonds. The summed E-state index contributed by atoms with van der Waals surface area (Å²) in [5.41, 5.74) is -0.207. The van der Waals surface area contributed by atoms with E-state index in [9.17, 15) is 9.90 Å². The van der Waals surface area contributed by atoms with Gasteiger partial charge in [-0.3, -0.25) is 0 Å². The van der Waals surface area contributed by atoms with Gasteiger partial charge in [-0.05, 0) is 5.57 Å². The van der Waals surface area contributed by atoms with E-state index in [0.29, 0.717) is 0 Å². The van der Waals surface area contributed by atoms with E-state index < -0.39 is 18.7 Å². The molecule has 0 heterocycles. The van der Waals surface area contributed by atoms with Crippen LogP contribution in [0, 0.1) is 0 Å². The van der Waals surface area contributed by atoms with Crippen molar-refractivity contribution in [3.8, 4) is 0 Å². The molecule has 0 aromatic rings. The second-order valence-electron chi connectivity index (χ2n) is 1.93. The summed E-state index contributed by atoms with van der Waals surface area (Å²) in [4.78, 5) is 9.95. The van der Waals surface area contributed by atoms with Gasteiger partial charge in [-0.2, -0.15) is 0 Å². The van der Waals surface area contributed by atoms with Crippen molar-refractivity contribution in [2.24, 2.45) is 0 Å². The van der Waals surface area contributed by atoms with Gasteiger partial charge in [0.15, 0.2) is 0 Å². The molecule has 0 saturated heterocycles. The number of hydrogen-bond acceptors (Lipinski definition) is 4. The zero-order valence-corrected chi connectivity index (χ0v) is 5.41. The number of hydrogen-bond donors (Lipinski definition) is 2. The fourth-order valence-electron chi connectivity index (χ4n) is 0.432. The predicted octanol–water partition coefficient (Wildman–Crippen LogP) is -1.96. The first-order chi connectivity index (χ1) is 4.57. The molecule has 2 N–H and O–H groups in total. The zero-order valence-electron chi connectivity index (χ0n) is 5.41. The lowest BCUT2D eigenvalue weighted by atomic mass is 10.1. The number of rotatable bonds is 4. The molecule has 0 aliphatic rings. The fourth-order valence-corrected chi connectivity index (χ4v) is 0.432. The quantitative estimate of drug-likeness (QED) is 0.450. The first kappa shape index (κ1) is 9.13. The van der Waals surface area contributed by atoms with Crippen LogP contribution in [0.4, 0.5) is 0 Å². The van der Waals surface area contributed by atoms with E-state index >= 15 is 0 Å². The highest BCUT2D eigenvalue weighted by molar-refractivity contribution is 5.83. The predicted molar refractivity (Wildman–Crippen MR) is 31.9 cm³/mol. The minimum atomic E-state index is -1.40. The van der Waals surface area contributed by atoms with Crippen molar-refractivity contribution in [2.45, 2.75) is 12.5 Å². The van der Waals surface area contributed by atoms with Crippen molar-refractivity contribution in [2.75, 3.05) is 6.61 Å². The maximum atomic E-state index is 9.95. The van der Waals surface area contributed by atoms with Crippen molar-refractivity contribution in [3.63, 3.8) is 0 Å². The largest absolute Gasteiger partial charge is 0.545 e. The van der Waals surface area contributed by atoms with Crippen LogP contribution in [-0.4, -0.2) is 28.9 Å². The average molecular weight is 145 g/mol. The van der Waals surface area contributed by atoms with Gasteiger partial charge < -0.3 is 20.1 Å². The van der Waals surface area contributed by atoms with Gasteiger partial charge in [0, 0.05) is 6.42 Å². The highest BCUT2D eigenvalue weighted by Crippen LogP contribution is 2.00. The number of carbonyl (C=O) groups excluding carboxylic acids is 1. The SMILES string of the molecule is C=C(CC(O)CO)C(=O)[O-]. The first-order valence-corrected chi connectivity index (χ1v) is 2.76. The number of carbonyl (C=O) groups is 1. The Morgan fingerprint density at radius 1 is 1.70 bits per heavy atom. The first-order valence-electron chi connectivity index (χ1n) is 2.76. The van der Waals surface area contributed by atoms with E-state index in [0.717, 1.165) is 0 Å². The van der Waals surface area contributed by atoms with Gasteiger partial charge in [-0.15, -0.1) is 0 Å². The van der Waals surface area contributed by atoms with Crippen LogP contribution >= 0.6 is 0 Å². The molecule has 1 unspecified atom stereocenters. The monoisotopic (exact) mass is 145 g/mol. The summed E-state index contributed by atoms with van der Waals surface area (Å²) in [5.74, 6) is -1.40. The molecule has 0 spiro atoms. The normalized spacial score (nSPS) is 12.6. The average Bonchev–Trinajstić information content (AvgIpc) is 1.87. The molecule has 4 heteroatoms. The van der Waals surface area contributed by atoms with Crippen molar-refractivity contribution in [1.82, 2.24) is 0 Å². The fraction of sp³-hybridized carbons (Fsp3) is 0.500. The van der Waals surface area contributed by atoms with Crippen molar-refractivity contribution >= 4 is 5.97 Å². The summed E-state index contributed by atoms with van der Waals surface area (Å²) in [6.07, 6.45) is -1.20. The third-order valence-electron chi connectivity index (χ3n) is 0.981. The van der Waals surface area contributed by atoms with Crippen LogP contribution in [0.25, 0.3) is 0 Å². The minimum Gasteiger partial charge on any atom is -0.545 e. The molecule has 0 aliphatic heterocycles. The number of aliphatic carboxylic acids is 1. The number of aliphatic hydroxyl groups excluding tert-OH is 2. The van der Waals surface area contributed by atoms with Crippen LogP contribution in [-0.2, 0) is 4.79 Å². The molecule has 0 radical (unpaired) electrons. The van der Waals surface area contributed by atoms with E-state index in [1.54, 1.807) is 0 Å². The van der Waals surface area contributed by atoms with Crippen LogP contribution in [0.1, 0.15) is 6.42 Å². The van der Waals surface area contributed by atoms with Crippen molar-refractivity contribution < 1.29 is 20.1 Å². The number of carboxylic acids is 1. The van der Waals surface area contributed by atoms with Crippen LogP contribution < -0.4 is 5.11 Å². The van der Waals surface area contributed by atoms with Crippen LogP contribution in [0.5, 0.6) is 0 Å². The summed E-state index contributed by atoms with van der Waals surface area (Å²) in [6.45, 7) is 2.64. The molecule has 0 saturated carbocycles.